The highest BCUT2D eigenvalue weighted by molar-refractivity contribution is 5.92. The molecule has 6 rings (SSSR count). The number of rotatable bonds is 6. The maximum absolute atomic E-state index is 9.43. The van der Waals surface area contributed by atoms with Crippen LogP contribution < -0.4 is 5.73 Å². The van der Waals surface area contributed by atoms with Crippen molar-refractivity contribution in [1.29, 1.82) is 0 Å². The van der Waals surface area contributed by atoms with Crippen LogP contribution in [0.5, 0.6) is 0 Å². The molecule has 2 aromatic carbocycles. The van der Waals surface area contributed by atoms with Crippen LogP contribution in [0.1, 0.15) is 17.7 Å². The molecule has 32 heavy (non-hydrogen) atoms. The maximum atomic E-state index is 9.43. The smallest absolute Gasteiger partial charge is 0.151 e. The summed E-state index contributed by atoms with van der Waals surface area (Å²) in [6, 6.07) is 18.8. The molecule has 3 N–H and O–H groups in total. The maximum Gasteiger partial charge on any atom is 0.151 e. The van der Waals surface area contributed by atoms with Crippen LogP contribution in [0.15, 0.2) is 67.1 Å². The molecule has 0 aliphatic heterocycles. The molecule has 0 amide bonds. The van der Waals surface area contributed by atoms with Gasteiger partial charge in [0.25, 0.3) is 0 Å². The van der Waals surface area contributed by atoms with Crippen molar-refractivity contribution in [3.63, 3.8) is 0 Å². The first kappa shape index (κ1) is 19.0. The molecule has 160 valence electrons. The van der Waals surface area contributed by atoms with E-state index in [0.717, 1.165) is 52.6 Å². The lowest BCUT2D eigenvalue weighted by atomic mass is 10.0. The van der Waals surface area contributed by atoms with Crippen LogP contribution in [0.4, 0.5) is 5.82 Å². The monoisotopic (exact) mass is 424 g/mol. The third kappa shape index (κ3) is 3.31. The number of nitrogens with zero attached hydrogens (tertiary/aromatic N) is 5. The summed E-state index contributed by atoms with van der Waals surface area (Å²) in [4.78, 5) is 4.23. The van der Waals surface area contributed by atoms with Gasteiger partial charge in [-0.15, -0.1) is 0 Å². The van der Waals surface area contributed by atoms with Gasteiger partial charge in [-0.1, -0.05) is 42.5 Å². The van der Waals surface area contributed by atoms with Gasteiger partial charge in [0.05, 0.1) is 12.1 Å². The molecule has 1 saturated carbocycles. The summed E-state index contributed by atoms with van der Waals surface area (Å²) in [5.41, 5.74) is 12.4. The Bertz CT molecular complexity index is 1420. The van der Waals surface area contributed by atoms with E-state index in [0.29, 0.717) is 17.7 Å². The second-order valence-corrected chi connectivity index (χ2v) is 8.68. The largest absolute Gasteiger partial charge is 0.396 e. The predicted molar refractivity (Wildman–Crippen MR) is 124 cm³/mol. The molecular formula is C25H24N6O. The molecule has 0 spiro atoms. The van der Waals surface area contributed by atoms with Crippen molar-refractivity contribution in [1.82, 2.24) is 24.4 Å². The molecule has 3 aromatic heterocycles. The third-order valence-corrected chi connectivity index (χ3v) is 6.48. The van der Waals surface area contributed by atoms with Gasteiger partial charge in [0.2, 0.25) is 0 Å². The van der Waals surface area contributed by atoms with E-state index in [1.54, 1.807) is 0 Å². The fraction of sp³-hybridized carbons (Fsp3) is 0.240. The number of anilines is 1. The van der Waals surface area contributed by atoms with Crippen LogP contribution in [0, 0.1) is 11.8 Å². The zero-order valence-electron chi connectivity index (χ0n) is 17.6. The number of aromatic nitrogens is 5. The Morgan fingerprint density at radius 2 is 1.94 bits per heavy atom. The number of hydrogen-bond donors (Lipinski definition) is 2. The average molecular weight is 425 g/mol. The second-order valence-electron chi connectivity index (χ2n) is 8.68. The van der Waals surface area contributed by atoms with Gasteiger partial charge in [0.1, 0.15) is 11.8 Å². The van der Waals surface area contributed by atoms with Gasteiger partial charge < -0.3 is 10.8 Å². The zero-order chi connectivity index (χ0) is 21.7. The molecule has 5 aromatic rings. The van der Waals surface area contributed by atoms with Crippen LogP contribution in [0.25, 0.3) is 27.5 Å². The number of fused-ring (bicyclic) bond motifs is 2. The van der Waals surface area contributed by atoms with Crippen molar-refractivity contribution in [2.24, 2.45) is 11.8 Å². The summed E-state index contributed by atoms with van der Waals surface area (Å²) in [5.74, 6) is 1.36. The molecule has 0 radical (unpaired) electrons. The Labute approximate surface area is 185 Å². The Morgan fingerprint density at radius 1 is 1.06 bits per heavy atom. The van der Waals surface area contributed by atoms with Crippen LogP contribution in [-0.2, 0) is 13.0 Å². The predicted octanol–water partition coefficient (Wildman–Crippen LogP) is 3.55. The van der Waals surface area contributed by atoms with Gasteiger partial charge in [-0.3, -0.25) is 4.68 Å². The molecule has 2 atom stereocenters. The molecule has 1 aliphatic rings. The summed E-state index contributed by atoms with van der Waals surface area (Å²) in [5, 5.41) is 19.8. The second kappa shape index (κ2) is 7.46. The van der Waals surface area contributed by atoms with E-state index in [1.807, 2.05) is 27.4 Å². The average Bonchev–Trinajstić information content (AvgIpc) is 3.27. The van der Waals surface area contributed by atoms with Gasteiger partial charge in [-0.05, 0) is 47.9 Å². The van der Waals surface area contributed by atoms with Crippen molar-refractivity contribution in [2.75, 3.05) is 12.3 Å². The molecular weight excluding hydrogens is 400 g/mol. The fourth-order valence-electron chi connectivity index (χ4n) is 4.64. The Hall–Kier alpha value is -3.71. The summed E-state index contributed by atoms with van der Waals surface area (Å²) >= 11 is 0. The van der Waals surface area contributed by atoms with Gasteiger partial charge in [-0.25, -0.2) is 9.50 Å². The topological polar surface area (TPSA) is 94.3 Å². The van der Waals surface area contributed by atoms with E-state index in [1.165, 1.54) is 11.9 Å². The van der Waals surface area contributed by atoms with E-state index < -0.39 is 0 Å². The summed E-state index contributed by atoms with van der Waals surface area (Å²) in [6.45, 7) is 0.985. The summed E-state index contributed by atoms with van der Waals surface area (Å²) < 4.78 is 3.88. The first-order chi connectivity index (χ1) is 15.7. The lowest BCUT2D eigenvalue weighted by molar-refractivity contribution is 0.268. The number of hydrogen-bond acceptors (Lipinski definition) is 5. The minimum absolute atomic E-state index is 0.250. The highest BCUT2D eigenvalue weighted by Gasteiger charge is 2.37. The number of aliphatic hydroxyl groups excluding tert-OH is 1. The number of nitrogen functional groups attached to an aromatic ring is 1. The van der Waals surface area contributed by atoms with E-state index >= 15 is 0 Å². The van der Waals surface area contributed by atoms with E-state index in [9.17, 15) is 5.11 Å². The molecule has 3 heterocycles. The van der Waals surface area contributed by atoms with Crippen LogP contribution in [0.2, 0.25) is 0 Å². The molecule has 0 bridgehead atoms. The lowest BCUT2D eigenvalue weighted by Crippen LogP contribution is -2.03. The quantitative estimate of drug-likeness (QED) is 0.435. The van der Waals surface area contributed by atoms with E-state index in [-0.39, 0.29) is 6.61 Å². The molecule has 1 aliphatic carbocycles. The highest BCUT2D eigenvalue weighted by atomic mass is 16.3. The third-order valence-electron chi connectivity index (χ3n) is 6.48. The summed E-state index contributed by atoms with van der Waals surface area (Å²) in [6.07, 6.45) is 5.51. The minimum Gasteiger partial charge on any atom is -0.396 e. The molecule has 7 heteroatoms. The van der Waals surface area contributed by atoms with Crippen LogP contribution in [0.3, 0.4) is 0 Å². The van der Waals surface area contributed by atoms with E-state index in [4.69, 9.17) is 10.8 Å². The van der Waals surface area contributed by atoms with Gasteiger partial charge in [0, 0.05) is 29.4 Å². The van der Waals surface area contributed by atoms with Gasteiger partial charge >= 0.3 is 0 Å². The lowest BCUT2D eigenvalue weighted by Gasteiger charge is -2.03. The standard InChI is InChI=1S/C25H24N6O/c26-25-24-22(11-21(31(24)28-15-27-25)9-19-8-20(19)14-32)17-6-7-18-13-30(29-23(18)10-17)12-16-4-2-1-3-5-16/h1-7,10-11,13,15,19-20,32H,8-9,12,14H2,(H2,26,27,28)/t19-,20+/m0/s1. The van der Waals surface area contributed by atoms with E-state index in [2.05, 4.69) is 52.7 Å². The van der Waals surface area contributed by atoms with Gasteiger partial charge in [-0.2, -0.15) is 10.2 Å². The Balaban J connectivity index is 1.39. The number of aliphatic hydroxyl groups is 1. The molecule has 0 unspecified atom stereocenters. The molecule has 7 nitrogen and oxygen atoms in total. The van der Waals surface area contributed by atoms with Crippen molar-refractivity contribution >= 4 is 22.2 Å². The normalized spacial score (nSPS) is 17.9. The molecule has 0 saturated heterocycles. The van der Waals surface area contributed by atoms with Crippen molar-refractivity contribution < 1.29 is 5.11 Å². The first-order valence-corrected chi connectivity index (χ1v) is 10.9. The van der Waals surface area contributed by atoms with Crippen LogP contribution >= 0.6 is 0 Å². The van der Waals surface area contributed by atoms with Crippen molar-refractivity contribution in [3.05, 3.63) is 78.4 Å². The van der Waals surface area contributed by atoms with Crippen molar-refractivity contribution in [2.45, 2.75) is 19.4 Å². The number of benzene rings is 2. The van der Waals surface area contributed by atoms with Crippen LogP contribution in [-0.4, -0.2) is 36.1 Å². The first-order valence-electron chi connectivity index (χ1n) is 10.9. The highest BCUT2D eigenvalue weighted by Crippen LogP contribution is 2.42. The minimum atomic E-state index is 0.250. The summed E-state index contributed by atoms with van der Waals surface area (Å²) in [7, 11) is 0. The zero-order valence-corrected chi connectivity index (χ0v) is 17.6. The Kier molecular flexibility index (Phi) is 4.43. The Morgan fingerprint density at radius 3 is 2.75 bits per heavy atom. The SMILES string of the molecule is Nc1ncnn2c(C[C@@H]3C[C@@H]3CO)cc(-c3ccc4cn(Cc5ccccc5)nc4c3)c12. The van der Waals surface area contributed by atoms with Gasteiger partial charge in [0.15, 0.2) is 5.82 Å². The fourth-order valence-corrected chi connectivity index (χ4v) is 4.64. The number of nitrogens with two attached hydrogens (primary N) is 1. The van der Waals surface area contributed by atoms with Crippen molar-refractivity contribution in [3.8, 4) is 11.1 Å². The molecule has 1 fully saturated rings.